The summed E-state index contributed by atoms with van der Waals surface area (Å²) in [6.07, 6.45) is 0. The van der Waals surface area contributed by atoms with Crippen LogP contribution in [0.3, 0.4) is 0 Å². The lowest BCUT2D eigenvalue weighted by Crippen LogP contribution is -2.43. The third-order valence-electron chi connectivity index (χ3n) is 3.79. The molecule has 0 fully saturated rings. The number of aryl methyl sites for hydroxylation is 1. The molecule has 1 heterocycles. The summed E-state index contributed by atoms with van der Waals surface area (Å²) in [5.41, 5.74) is 2.02. The quantitative estimate of drug-likeness (QED) is 0.910. The van der Waals surface area contributed by atoms with Crippen molar-refractivity contribution in [3.05, 3.63) is 47.0 Å². The average molecular weight is 361 g/mol. The van der Waals surface area contributed by atoms with Crippen LogP contribution in [0.15, 0.2) is 36.4 Å². The molecular formula is C18H17ClN2O4. The first-order chi connectivity index (χ1) is 12.0. The maximum Gasteiger partial charge on any atom is 0.265 e. The van der Waals surface area contributed by atoms with E-state index < -0.39 is 0 Å². The van der Waals surface area contributed by atoms with E-state index in [1.807, 2.05) is 19.1 Å². The normalized spacial score (nSPS) is 13.1. The van der Waals surface area contributed by atoms with Gasteiger partial charge in [-0.2, -0.15) is 0 Å². The monoisotopic (exact) mass is 360 g/mol. The van der Waals surface area contributed by atoms with E-state index in [9.17, 15) is 9.59 Å². The molecule has 1 N–H and O–H groups in total. The number of halogens is 1. The van der Waals surface area contributed by atoms with Crippen LogP contribution in [0.1, 0.15) is 5.56 Å². The minimum atomic E-state index is -0.343. The Bertz CT molecular complexity index is 838. The van der Waals surface area contributed by atoms with Crippen molar-refractivity contribution < 1.29 is 19.1 Å². The van der Waals surface area contributed by atoms with E-state index in [1.54, 1.807) is 24.3 Å². The molecular weight excluding hydrogens is 344 g/mol. The largest absolute Gasteiger partial charge is 0.495 e. The number of ether oxygens (including phenoxy) is 2. The maximum atomic E-state index is 12.5. The highest BCUT2D eigenvalue weighted by Crippen LogP contribution is 2.34. The SMILES string of the molecule is COc1ccc(C)cc1NC(=O)CN1C(=O)COc2ccc(Cl)cc21. The summed E-state index contributed by atoms with van der Waals surface area (Å²) < 4.78 is 10.6. The fraction of sp³-hybridized carbons (Fsp3) is 0.222. The first-order valence-corrected chi connectivity index (χ1v) is 8.03. The van der Waals surface area contributed by atoms with Crippen LogP contribution in [-0.2, 0) is 9.59 Å². The standard InChI is InChI=1S/C18H17ClN2O4/c1-11-3-5-15(24-2)13(7-11)20-17(22)9-21-14-8-12(19)4-6-16(14)25-10-18(21)23/h3-8H,9-10H2,1-2H3,(H,20,22). The molecule has 0 atom stereocenters. The topological polar surface area (TPSA) is 67.9 Å². The van der Waals surface area contributed by atoms with Gasteiger partial charge in [-0.3, -0.25) is 14.5 Å². The summed E-state index contributed by atoms with van der Waals surface area (Å²) in [5.74, 6) is 0.423. The Labute approximate surface area is 150 Å². The Kier molecular flexibility index (Phi) is 4.81. The molecule has 2 amide bonds. The lowest BCUT2D eigenvalue weighted by atomic mass is 10.2. The van der Waals surface area contributed by atoms with Crippen LogP contribution in [0, 0.1) is 6.92 Å². The van der Waals surface area contributed by atoms with Crippen molar-refractivity contribution in [2.24, 2.45) is 0 Å². The van der Waals surface area contributed by atoms with E-state index in [0.717, 1.165) is 5.56 Å². The molecule has 25 heavy (non-hydrogen) atoms. The number of amides is 2. The predicted octanol–water partition coefficient (Wildman–Crippen LogP) is 3.02. The van der Waals surface area contributed by atoms with Gasteiger partial charge in [0.2, 0.25) is 5.91 Å². The number of carbonyl (C=O) groups excluding carboxylic acids is 2. The van der Waals surface area contributed by atoms with Crippen molar-refractivity contribution in [1.29, 1.82) is 0 Å². The van der Waals surface area contributed by atoms with Gasteiger partial charge in [-0.1, -0.05) is 17.7 Å². The molecule has 2 aromatic carbocycles. The second-order valence-corrected chi connectivity index (χ2v) is 6.07. The molecule has 0 aromatic heterocycles. The lowest BCUT2D eigenvalue weighted by Gasteiger charge is -2.29. The minimum absolute atomic E-state index is 0.115. The smallest absolute Gasteiger partial charge is 0.265 e. The third kappa shape index (κ3) is 3.69. The van der Waals surface area contributed by atoms with Gasteiger partial charge in [0.05, 0.1) is 18.5 Å². The van der Waals surface area contributed by atoms with Crippen molar-refractivity contribution in [2.75, 3.05) is 30.5 Å². The van der Waals surface area contributed by atoms with Crippen LogP contribution in [0.4, 0.5) is 11.4 Å². The van der Waals surface area contributed by atoms with E-state index in [4.69, 9.17) is 21.1 Å². The van der Waals surface area contributed by atoms with E-state index in [1.165, 1.54) is 12.0 Å². The van der Waals surface area contributed by atoms with Crippen molar-refractivity contribution in [1.82, 2.24) is 0 Å². The molecule has 1 aliphatic heterocycles. The van der Waals surface area contributed by atoms with E-state index in [-0.39, 0.29) is 25.0 Å². The van der Waals surface area contributed by atoms with Gasteiger partial charge in [-0.25, -0.2) is 0 Å². The Morgan fingerprint density at radius 3 is 2.88 bits per heavy atom. The second kappa shape index (κ2) is 7.03. The highest BCUT2D eigenvalue weighted by atomic mass is 35.5. The number of benzene rings is 2. The Morgan fingerprint density at radius 2 is 2.12 bits per heavy atom. The number of hydrogen-bond donors (Lipinski definition) is 1. The molecule has 6 nitrogen and oxygen atoms in total. The molecule has 0 bridgehead atoms. The molecule has 2 aromatic rings. The predicted molar refractivity (Wildman–Crippen MR) is 95.7 cm³/mol. The van der Waals surface area contributed by atoms with Crippen LogP contribution in [0.5, 0.6) is 11.5 Å². The molecule has 0 saturated heterocycles. The second-order valence-electron chi connectivity index (χ2n) is 5.63. The molecule has 0 spiro atoms. The van der Waals surface area contributed by atoms with E-state index in [0.29, 0.717) is 27.9 Å². The summed E-state index contributed by atoms with van der Waals surface area (Å²) >= 11 is 6.00. The lowest BCUT2D eigenvalue weighted by molar-refractivity contribution is -0.123. The van der Waals surface area contributed by atoms with Crippen LogP contribution < -0.4 is 19.7 Å². The van der Waals surface area contributed by atoms with Crippen molar-refractivity contribution in [2.45, 2.75) is 6.92 Å². The molecule has 3 rings (SSSR count). The van der Waals surface area contributed by atoms with Crippen molar-refractivity contribution in [3.8, 4) is 11.5 Å². The first-order valence-electron chi connectivity index (χ1n) is 7.65. The van der Waals surface area contributed by atoms with Gasteiger partial charge in [0, 0.05) is 5.02 Å². The van der Waals surface area contributed by atoms with Crippen LogP contribution in [0.25, 0.3) is 0 Å². The molecule has 0 unspecified atom stereocenters. The Morgan fingerprint density at radius 1 is 1.32 bits per heavy atom. The minimum Gasteiger partial charge on any atom is -0.495 e. The van der Waals surface area contributed by atoms with E-state index in [2.05, 4.69) is 5.32 Å². The van der Waals surface area contributed by atoms with Gasteiger partial charge in [0.1, 0.15) is 18.0 Å². The number of carbonyl (C=O) groups is 2. The highest BCUT2D eigenvalue weighted by Gasteiger charge is 2.27. The number of methoxy groups -OCH3 is 1. The Balaban J connectivity index is 1.81. The number of fused-ring (bicyclic) bond motifs is 1. The van der Waals surface area contributed by atoms with Crippen LogP contribution >= 0.6 is 11.6 Å². The first kappa shape index (κ1) is 17.1. The van der Waals surface area contributed by atoms with Crippen LogP contribution in [0.2, 0.25) is 5.02 Å². The number of nitrogens with one attached hydrogen (secondary N) is 1. The van der Waals surface area contributed by atoms with Crippen LogP contribution in [-0.4, -0.2) is 32.1 Å². The zero-order valence-corrected chi connectivity index (χ0v) is 14.6. The summed E-state index contributed by atoms with van der Waals surface area (Å²) in [4.78, 5) is 26.0. The zero-order chi connectivity index (χ0) is 18.0. The molecule has 130 valence electrons. The fourth-order valence-corrected chi connectivity index (χ4v) is 2.77. The fourth-order valence-electron chi connectivity index (χ4n) is 2.60. The van der Waals surface area contributed by atoms with Gasteiger partial charge in [0.25, 0.3) is 5.91 Å². The maximum absolute atomic E-state index is 12.5. The van der Waals surface area contributed by atoms with Gasteiger partial charge in [-0.05, 0) is 42.8 Å². The van der Waals surface area contributed by atoms with Gasteiger partial charge in [0.15, 0.2) is 6.61 Å². The number of hydrogen-bond acceptors (Lipinski definition) is 4. The van der Waals surface area contributed by atoms with Gasteiger partial charge < -0.3 is 14.8 Å². The molecule has 0 saturated carbocycles. The van der Waals surface area contributed by atoms with Crippen molar-refractivity contribution >= 4 is 34.8 Å². The third-order valence-corrected chi connectivity index (χ3v) is 4.03. The molecule has 0 radical (unpaired) electrons. The van der Waals surface area contributed by atoms with Gasteiger partial charge in [-0.15, -0.1) is 0 Å². The number of nitrogens with zero attached hydrogens (tertiary/aromatic N) is 1. The summed E-state index contributed by atoms with van der Waals surface area (Å²) in [6, 6.07) is 10.4. The van der Waals surface area contributed by atoms with Gasteiger partial charge >= 0.3 is 0 Å². The van der Waals surface area contributed by atoms with Crippen molar-refractivity contribution in [3.63, 3.8) is 0 Å². The summed E-state index contributed by atoms with van der Waals surface area (Å²) in [5, 5.41) is 3.24. The van der Waals surface area contributed by atoms with E-state index >= 15 is 0 Å². The molecule has 1 aliphatic rings. The molecule has 0 aliphatic carbocycles. The number of anilines is 2. The highest BCUT2D eigenvalue weighted by molar-refractivity contribution is 6.31. The summed E-state index contributed by atoms with van der Waals surface area (Å²) in [7, 11) is 1.53. The average Bonchev–Trinajstić information content (AvgIpc) is 2.58. The Hall–Kier alpha value is -2.73. The summed E-state index contributed by atoms with van der Waals surface area (Å²) in [6.45, 7) is 1.65. The number of rotatable bonds is 4. The zero-order valence-electron chi connectivity index (χ0n) is 13.8. The molecule has 7 heteroatoms.